The zero-order valence-corrected chi connectivity index (χ0v) is 10.5. The van der Waals surface area contributed by atoms with Crippen LogP contribution in [0.1, 0.15) is 22.5 Å². The molecule has 0 aliphatic carbocycles. The zero-order valence-electron chi connectivity index (χ0n) is 9.68. The van der Waals surface area contributed by atoms with Crippen LogP contribution in [0.25, 0.3) is 0 Å². The summed E-state index contributed by atoms with van der Waals surface area (Å²) < 4.78 is 5.06. The monoisotopic (exact) mass is 250 g/mol. The van der Waals surface area contributed by atoms with E-state index in [9.17, 15) is 4.79 Å². The van der Waals surface area contributed by atoms with E-state index in [2.05, 4.69) is 6.07 Å². The van der Waals surface area contributed by atoms with Gasteiger partial charge in [-0.3, -0.25) is 4.79 Å². The number of piperidine rings is 1. The van der Waals surface area contributed by atoms with Gasteiger partial charge in [-0.2, -0.15) is 5.26 Å². The maximum Gasteiger partial charge on any atom is 0.264 e. The van der Waals surface area contributed by atoms with Crippen molar-refractivity contribution in [2.45, 2.75) is 12.8 Å². The molecule has 1 aliphatic heterocycles. The molecule has 0 saturated carbocycles. The molecular formula is C12H14N2O2S. The molecule has 1 aliphatic rings. The fourth-order valence-corrected chi connectivity index (χ4v) is 2.78. The normalized spacial score (nSPS) is 19.8. The second-order valence-electron chi connectivity index (χ2n) is 4.07. The molecule has 0 aromatic carbocycles. The summed E-state index contributed by atoms with van der Waals surface area (Å²) in [6, 6.07) is 3.99. The van der Waals surface area contributed by atoms with E-state index in [4.69, 9.17) is 10.00 Å². The molecule has 5 heteroatoms. The van der Waals surface area contributed by atoms with Gasteiger partial charge >= 0.3 is 0 Å². The number of hydrogen-bond donors (Lipinski definition) is 0. The number of likely N-dealkylation sites (tertiary alicyclic amines) is 1. The minimum absolute atomic E-state index is 0.0123. The van der Waals surface area contributed by atoms with E-state index in [1.165, 1.54) is 11.3 Å². The van der Waals surface area contributed by atoms with E-state index in [0.717, 1.165) is 19.4 Å². The molecule has 0 radical (unpaired) electrons. The van der Waals surface area contributed by atoms with Gasteiger partial charge < -0.3 is 9.64 Å². The highest BCUT2D eigenvalue weighted by Crippen LogP contribution is 2.24. The quantitative estimate of drug-likeness (QED) is 0.808. The molecule has 1 saturated heterocycles. The van der Waals surface area contributed by atoms with Crippen LogP contribution in [0, 0.1) is 17.2 Å². The van der Waals surface area contributed by atoms with Crippen molar-refractivity contribution in [3.8, 4) is 11.8 Å². The Balaban J connectivity index is 2.07. The van der Waals surface area contributed by atoms with Crippen LogP contribution < -0.4 is 4.74 Å². The van der Waals surface area contributed by atoms with Crippen LogP contribution in [0.4, 0.5) is 0 Å². The van der Waals surface area contributed by atoms with Gasteiger partial charge in [0.15, 0.2) is 0 Å². The van der Waals surface area contributed by atoms with E-state index in [0.29, 0.717) is 17.2 Å². The van der Waals surface area contributed by atoms with E-state index >= 15 is 0 Å². The van der Waals surface area contributed by atoms with Crippen LogP contribution in [0.15, 0.2) is 11.4 Å². The predicted octanol–water partition coefficient (Wildman–Crippen LogP) is 2.13. The van der Waals surface area contributed by atoms with E-state index in [-0.39, 0.29) is 11.8 Å². The van der Waals surface area contributed by atoms with Gasteiger partial charge in [-0.15, -0.1) is 11.3 Å². The highest BCUT2D eigenvalue weighted by molar-refractivity contribution is 7.12. The molecule has 1 amide bonds. The maximum absolute atomic E-state index is 12.2. The second kappa shape index (κ2) is 5.19. The van der Waals surface area contributed by atoms with Crippen molar-refractivity contribution in [3.63, 3.8) is 0 Å². The third kappa shape index (κ3) is 2.59. The molecule has 1 fully saturated rings. The van der Waals surface area contributed by atoms with Crippen molar-refractivity contribution in [1.82, 2.24) is 4.90 Å². The number of methoxy groups -OCH3 is 1. The lowest BCUT2D eigenvalue weighted by Gasteiger charge is -2.29. The third-order valence-corrected chi connectivity index (χ3v) is 3.81. The van der Waals surface area contributed by atoms with Crippen LogP contribution in [0.5, 0.6) is 5.75 Å². The number of carbonyl (C=O) groups excluding carboxylic acids is 1. The highest BCUT2D eigenvalue weighted by Gasteiger charge is 2.25. The van der Waals surface area contributed by atoms with Crippen LogP contribution in [-0.4, -0.2) is 31.0 Å². The molecule has 1 unspecified atom stereocenters. The number of nitriles is 1. The molecule has 17 heavy (non-hydrogen) atoms. The van der Waals surface area contributed by atoms with Crippen LogP contribution in [-0.2, 0) is 0 Å². The van der Waals surface area contributed by atoms with Gasteiger partial charge in [-0.1, -0.05) is 0 Å². The number of amides is 1. The molecule has 1 aromatic heterocycles. The molecule has 90 valence electrons. The summed E-state index contributed by atoms with van der Waals surface area (Å²) in [5.41, 5.74) is 0. The number of ether oxygens (including phenoxy) is 1. The highest BCUT2D eigenvalue weighted by atomic mass is 32.1. The number of rotatable bonds is 2. The summed E-state index contributed by atoms with van der Waals surface area (Å²) >= 11 is 1.39. The van der Waals surface area contributed by atoms with Crippen molar-refractivity contribution in [1.29, 1.82) is 5.26 Å². The van der Waals surface area contributed by atoms with Crippen molar-refractivity contribution in [2.75, 3.05) is 20.2 Å². The van der Waals surface area contributed by atoms with Gasteiger partial charge in [0.2, 0.25) is 0 Å². The first-order valence-electron chi connectivity index (χ1n) is 5.56. The van der Waals surface area contributed by atoms with Gasteiger partial charge in [0, 0.05) is 24.5 Å². The summed E-state index contributed by atoms with van der Waals surface area (Å²) in [6.45, 7) is 1.30. The first kappa shape index (κ1) is 11.9. The minimum Gasteiger partial charge on any atom is -0.496 e. The fourth-order valence-electron chi connectivity index (χ4n) is 1.96. The zero-order chi connectivity index (χ0) is 12.3. The van der Waals surface area contributed by atoms with Crippen molar-refractivity contribution >= 4 is 17.2 Å². The smallest absolute Gasteiger partial charge is 0.264 e. The topological polar surface area (TPSA) is 53.3 Å². The Morgan fingerprint density at radius 2 is 2.53 bits per heavy atom. The molecule has 1 atom stereocenters. The molecular weight excluding hydrogens is 236 g/mol. The van der Waals surface area contributed by atoms with E-state index < -0.39 is 0 Å². The Morgan fingerprint density at radius 1 is 1.71 bits per heavy atom. The van der Waals surface area contributed by atoms with Crippen LogP contribution in [0.3, 0.4) is 0 Å². The standard InChI is InChI=1S/C12H14N2O2S/c1-16-10-5-11(17-8-10)12(15)14-4-2-3-9(6-13)7-14/h5,8-9H,2-4,7H2,1H3. The average Bonchev–Trinajstić information content (AvgIpc) is 2.86. The number of thiophene rings is 1. The lowest BCUT2D eigenvalue weighted by Crippen LogP contribution is -2.39. The maximum atomic E-state index is 12.2. The summed E-state index contributed by atoms with van der Waals surface area (Å²) in [5.74, 6) is 0.708. The third-order valence-electron chi connectivity index (χ3n) is 2.91. The minimum atomic E-state index is -0.0189. The lowest BCUT2D eigenvalue weighted by molar-refractivity contribution is 0.0703. The Labute approximate surface area is 104 Å². The summed E-state index contributed by atoms with van der Waals surface area (Å²) in [4.78, 5) is 14.6. The van der Waals surface area contributed by atoms with E-state index in [1.807, 2.05) is 5.38 Å². The lowest BCUT2D eigenvalue weighted by atomic mass is 10.00. The molecule has 0 spiro atoms. The van der Waals surface area contributed by atoms with Crippen molar-refractivity contribution in [2.24, 2.45) is 5.92 Å². The molecule has 0 N–H and O–H groups in total. The fraction of sp³-hybridized carbons (Fsp3) is 0.500. The van der Waals surface area contributed by atoms with Crippen molar-refractivity contribution < 1.29 is 9.53 Å². The van der Waals surface area contributed by atoms with Gasteiger partial charge in [0.1, 0.15) is 5.75 Å². The van der Waals surface area contributed by atoms with Gasteiger partial charge in [0.05, 0.1) is 24.0 Å². The van der Waals surface area contributed by atoms with Crippen LogP contribution >= 0.6 is 11.3 Å². The molecule has 2 rings (SSSR count). The average molecular weight is 250 g/mol. The molecule has 1 aromatic rings. The first-order chi connectivity index (χ1) is 8.24. The number of hydrogen-bond acceptors (Lipinski definition) is 4. The number of nitrogens with zero attached hydrogens (tertiary/aromatic N) is 2. The van der Waals surface area contributed by atoms with Gasteiger partial charge in [-0.25, -0.2) is 0 Å². The van der Waals surface area contributed by atoms with Gasteiger partial charge in [-0.05, 0) is 12.8 Å². The SMILES string of the molecule is COc1csc(C(=O)N2CCCC(C#N)C2)c1. The van der Waals surface area contributed by atoms with Crippen molar-refractivity contribution in [3.05, 3.63) is 16.3 Å². The molecule has 4 nitrogen and oxygen atoms in total. The Bertz CT molecular complexity index is 450. The molecule has 0 bridgehead atoms. The summed E-state index contributed by atoms with van der Waals surface area (Å²) in [5, 5.41) is 10.7. The Kier molecular flexibility index (Phi) is 3.64. The number of carbonyl (C=O) groups is 1. The van der Waals surface area contributed by atoms with E-state index in [1.54, 1.807) is 18.1 Å². The molecule has 2 heterocycles. The van der Waals surface area contributed by atoms with Crippen LogP contribution in [0.2, 0.25) is 0 Å². The largest absolute Gasteiger partial charge is 0.496 e. The Morgan fingerprint density at radius 3 is 3.18 bits per heavy atom. The van der Waals surface area contributed by atoms with Gasteiger partial charge in [0.25, 0.3) is 5.91 Å². The Hall–Kier alpha value is -1.54. The summed E-state index contributed by atoms with van der Waals surface area (Å²) in [7, 11) is 1.59. The second-order valence-corrected chi connectivity index (χ2v) is 4.98. The predicted molar refractivity (Wildman–Crippen MR) is 65.1 cm³/mol. The summed E-state index contributed by atoms with van der Waals surface area (Å²) in [6.07, 6.45) is 1.81. The first-order valence-corrected chi connectivity index (χ1v) is 6.44.